The van der Waals surface area contributed by atoms with Crippen LogP contribution >= 0.6 is 11.8 Å². The van der Waals surface area contributed by atoms with Crippen molar-refractivity contribution in [3.63, 3.8) is 0 Å². The van der Waals surface area contributed by atoms with Crippen molar-refractivity contribution in [2.45, 2.75) is 43.9 Å². The van der Waals surface area contributed by atoms with Crippen LogP contribution in [0.2, 0.25) is 0 Å². The molecule has 2 heterocycles. The standard InChI is InChI=1S/C19H22N2O2S/c1-20-18(22)17(24-19(20)23)15-8-5-9-16-14(15)10-11-21(16)12-13-6-3-2-4-7-13/h5,8-11,13,17H,2-4,6-7,12H2,1H3. The molecule has 2 aliphatic rings. The summed E-state index contributed by atoms with van der Waals surface area (Å²) in [5.41, 5.74) is 2.14. The highest BCUT2D eigenvalue weighted by Crippen LogP contribution is 2.41. The fourth-order valence-electron chi connectivity index (χ4n) is 3.98. The molecule has 24 heavy (non-hydrogen) atoms. The van der Waals surface area contributed by atoms with Gasteiger partial charge in [-0.2, -0.15) is 0 Å². The van der Waals surface area contributed by atoms with Crippen LogP contribution in [0.5, 0.6) is 0 Å². The highest BCUT2D eigenvalue weighted by Gasteiger charge is 2.39. The van der Waals surface area contributed by atoms with E-state index in [2.05, 4.69) is 22.9 Å². The molecular formula is C19H22N2O2S. The summed E-state index contributed by atoms with van der Waals surface area (Å²) in [6, 6.07) is 8.21. The van der Waals surface area contributed by atoms with E-state index in [0.29, 0.717) is 0 Å². The Morgan fingerprint density at radius 1 is 1.12 bits per heavy atom. The van der Waals surface area contributed by atoms with E-state index in [9.17, 15) is 9.59 Å². The molecule has 0 radical (unpaired) electrons. The number of benzene rings is 1. The number of likely N-dealkylation sites (N-methyl/N-ethyl adjacent to an activating group) is 1. The summed E-state index contributed by atoms with van der Waals surface area (Å²) < 4.78 is 2.32. The Kier molecular flexibility index (Phi) is 4.12. The zero-order valence-corrected chi connectivity index (χ0v) is 14.7. The minimum atomic E-state index is -0.406. The van der Waals surface area contributed by atoms with Crippen LogP contribution in [0.3, 0.4) is 0 Å². The van der Waals surface area contributed by atoms with Gasteiger partial charge in [-0.25, -0.2) is 0 Å². The monoisotopic (exact) mass is 342 g/mol. The lowest BCUT2D eigenvalue weighted by atomic mass is 9.89. The Labute approximate surface area is 146 Å². The first-order valence-electron chi connectivity index (χ1n) is 8.71. The maximum absolute atomic E-state index is 12.4. The van der Waals surface area contributed by atoms with Crippen LogP contribution in [0.15, 0.2) is 30.5 Å². The zero-order chi connectivity index (χ0) is 16.7. The molecule has 1 saturated carbocycles. The first-order valence-corrected chi connectivity index (χ1v) is 9.59. The number of nitrogens with zero attached hydrogens (tertiary/aromatic N) is 2. The Hall–Kier alpha value is -1.75. The summed E-state index contributed by atoms with van der Waals surface area (Å²) in [6.45, 7) is 1.05. The van der Waals surface area contributed by atoms with Gasteiger partial charge in [-0.1, -0.05) is 31.4 Å². The van der Waals surface area contributed by atoms with Crippen LogP contribution in [-0.4, -0.2) is 27.7 Å². The molecule has 2 aromatic rings. The van der Waals surface area contributed by atoms with Crippen LogP contribution < -0.4 is 0 Å². The minimum absolute atomic E-state index is 0.113. The van der Waals surface area contributed by atoms with Gasteiger partial charge in [-0.05, 0) is 48.2 Å². The first kappa shape index (κ1) is 15.8. The predicted molar refractivity (Wildman–Crippen MR) is 97.0 cm³/mol. The predicted octanol–water partition coefficient (Wildman–Crippen LogP) is 4.59. The maximum Gasteiger partial charge on any atom is 0.289 e. The average Bonchev–Trinajstić information content (AvgIpc) is 3.12. The summed E-state index contributed by atoms with van der Waals surface area (Å²) >= 11 is 1.12. The van der Waals surface area contributed by atoms with Crippen molar-refractivity contribution < 1.29 is 9.59 Å². The molecule has 5 heteroatoms. The molecule has 1 saturated heterocycles. The quantitative estimate of drug-likeness (QED) is 0.819. The van der Waals surface area contributed by atoms with E-state index in [1.807, 2.05) is 12.1 Å². The van der Waals surface area contributed by atoms with Gasteiger partial charge < -0.3 is 4.57 Å². The number of rotatable bonds is 3. The molecule has 2 fully saturated rings. The first-order chi connectivity index (χ1) is 11.6. The van der Waals surface area contributed by atoms with E-state index >= 15 is 0 Å². The van der Waals surface area contributed by atoms with E-state index in [1.54, 1.807) is 7.05 Å². The highest BCUT2D eigenvalue weighted by atomic mass is 32.2. The zero-order valence-electron chi connectivity index (χ0n) is 13.9. The van der Waals surface area contributed by atoms with Gasteiger partial charge in [0.05, 0.1) is 0 Å². The molecule has 4 rings (SSSR count). The summed E-state index contributed by atoms with van der Waals surface area (Å²) in [5.74, 6) is 0.644. The maximum atomic E-state index is 12.4. The lowest BCUT2D eigenvalue weighted by Gasteiger charge is -2.22. The van der Waals surface area contributed by atoms with Crippen molar-refractivity contribution in [1.29, 1.82) is 0 Å². The van der Waals surface area contributed by atoms with Crippen molar-refractivity contribution in [3.05, 3.63) is 36.0 Å². The SMILES string of the molecule is CN1C(=O)SC(c2cccc3c2ccn3CC2CCCCC2)C1=O. The van der Waals surface area contributed by atoms with Crippen LogP contribution in [0.25, 0.3) is 10.9 Å². The van der Waals surface area contributed by atoms with Crippen LogP contribution in [0.4, 0.5) is 4.79 Å². The Bertz CT molecular complexity index is 792. The third kappa shape index (κ3) is 2.65. The summed E-state index contributed by atoms with van der Waals surface area (Å²) in [7, 11) is 1.56. The molecule has 1 aliphatic carbocycles. The second kappa shape index (κ2) is 6.28. The van der Waals surface area contributed by atoms with Gasteiger partial charge >= 0.3 is 0 Å². The molecule has 4 nitrogen and oxygen atoms in total. The second-order valence-electron chi connectivity index (χ2n) is 6.91. The molecule has 1 aromatic heterocycles. The smallest absolute Gasteiger partial charge is 0.289 e. The Morgan fingerprint density at radius 3 is 2.62 bits per heavy atom. The van der Waals surface area contributed by atoms with Gasteiger partial charge in [0.2, 0.25) is 5.91 Å². The van der Waals surface area contributed by atoms with Crippen molar-refractivity contribution in [2.75, 3.05) is 7.05 Å². The molecule has 1 atom stereocenters. The topological polar surface area (TPSA) is 42.3 Å². The second-order valence-corrected chi connectivity index (χ2v) is 7.97. The molecule has 1 unspecified atom stereocenters. The molecule has 0 bridgehead atoms. The Balaban J connectivity index is 1.66. The molecule has 0 spiro atoms. The molecule has 1 aliphatic heterocycles. The highest BCUT2D eigenvalue weighted by molar-refractivity contribution is 8.15. The van der Waals surface area contributed by atoms with Gasteiger partial charge in [0.25, 0.3) is 5.24 Å². The van der Waals surface area contributed by atoms with E-state index < -0.39 is 5.25 Å². The normalized spacial score (nSPS) is 22.7. The number of aromatic nitrogens is 1. The fourth-order valence-corrected chi connectivity index (χ4v) is 5.02. The summed E-state index contributed by atoms with van der Waals surface area (Å²) in [5, 5.41) is 0.530. The lowest BCUT2D eigenvalue weighted by molar-refractivity contribution is -0.125. The number of amides is 2. The number of thioether (sulfide) groups is 1. The molecule has 2 amide bonds. The molecule has 0 N–H and O–H groups in total. The van der Waals surface area contributed by atoms with Crippen LogP contribution in [-0.2, 0) is 11.3 Å². The van der Waals surface area contributed by atoms with E-state index in [0.717, 1.165) is 35.2 Å². The van der Waals surface area contributed by atoms with Crippen molar-refractivity contribution in [1.82, 2.24) is 9.47 Å². The van der Waals surface area contributed by atoms with E-state index in [1.165, 1.54) is 42.5 Å². The van der Waals surface area contributed by atoms with Gasteiger partial charge in [0.1, 0.15) is 5.25 Å². The number of hydrogen-bond donors (Lipinski definition) is 0. The number of imide groups is 1. The largest absolute Gasteiger partial charge is 0.347 e. The lowest BCUT2D eigenvalue weighted by Crippen LogP contribution is -2.24. The van der Waals surface area contributed by atoms with Gasteiger partial charge in [-0.15, -0.1) is 0 Å². The van der Waals surface area contributed by atoms with Crippen LogP contribution in [0.1, 0.15) is 42.9 Å². The summed E-state index contributed by atoms with van der Waals surface area (Å²) in [6.07, 6.45) is 8.83. The van der Waals surface area contributed by atoms with Crippen molar-refractivity contribution in [2.24, 2.45) is 5.92 Å². The van der Waals surface area contributed by atoms with Crippen molar-refractivity contribution in [3.8, 4) is 0 Å². The molecule has 1 aromatic carbocycles. The third-order valence-electron chi connectivity index (χ3n) is 5.36. The minimum Gasteiger partial charge on any atom is -0.347 e. The van der Waals surface area contributed by atoms with Gasteiger partial charge in [0, 0.05) is 30.7 Å². The van der Waals surface area contributed by atoms with E-state index in [-0.39, 0.29) is 11.1 Å². The van der Waals surface area contributed by atoms with Gasteiger partial charge in [-0.3, -0.25) is 14.5 Å². The number of hydrogen-bond acceptors (Lipinski definition) is 3. The number of carbonyl (C=O) groups is 2. The molecular weight excluding hydrogens is 320 g/mol. The van der Waals surface area contributed by atoms with Crippen LogP contribution in [0, 0.1) is 5.92 Å². The number of carbonyl (C=O) groups excluding carboxylic acids is 2. The van der Waals surface area contributed by atoms with Gasteiger partial charge in [0.15, 0.2) is 0 Å². The average molecular weight is 342 g/mol. The number of fused-ring (bicyclic) bond motifs is 1. The summed E-state index contributed by atoms with van der Waals surface area (Å²) in [4.78, 5) is 25.4. The fraction of sp³-hybridized carbons (Fsp3) is 0.474. The Morgan fingerprint density at radius 2 is 1.92 bits per heavy atom. The van der Waals surface area contributed by atoms with Crippen molar-refractivity contribution >= 4 is 33.8 Å². The van der Waals surface area contributed by atoms with E-state index in [4.69, 9.17) is 0 Å². The third-order valence-corrected chi connectivity index (χ3v) is 6.52. The molecule has 126 valence electrons.